The predicted molar refractivity (Wildman–Crippen MR) is 95.9 cm³/mol. The Kier molecular flexibility index (Phi) is 5.18. The summed E-state index contributed by atoms with van der Waals surface area (Å²) in [5, 5.41) is 2.11. The van der Waals surface area contributed by atoms with Crippen LogP contribution < -0.4 is 10.6 Å². The fourth-order valence-corrected chi connectivity index (χ4v) is 3.89. The van der Waals surface area contributed by atoms with Gasteiger partial charge in [0.1, 0.15) is 4.99 Å². The van der Waals surface area contributed by atoms with E-state index in [-0.39, 0.29) is 0 Å². The van der Waals surface area contributed by atoms with Crippen molar-refractivity contribution in [2.24, 2.45) is 5.73 Å². The average Bonchev–Trinajstić information content (AvgIpc) is 2.89. The molecular formula is C15H17BrN2S2. The van der Waals surface area contributed by atoms with E-state index in [4.69, 9.17) is 18.0 Å². The lowest BCUT2D eigenvalue weighted by Gasteiger charge is -2.29. The first-order valence-electron chi connectivity index (χ1n) is 6.34. The van der Waals surface area contributed by atoms with Crippen molar-refractivity contribution in [2.45, 2.75) is 19.4 Å². The Morgan fingerprint density at radius 2 is 2.15 bits per heavy atom. The highest BCUT2D eigenvalue weighted by molar-refractivity contribution is 9.10. The van der Waals surface area contributed by atoms with Crippen LogP contribution in [-0.2, 0) is 6.42 Å². The summed E-state index contributed by atoms with van der Waals surface area (Å²) in [4.78, 5) is 4.04. The molecule has 0 aliphatic carbocycles. The SMILES string of the molecule is CC(Cc1cccs1)N(C)c1cccc(Br)c1C(N)=S. The van der Waals surface area contributed by atoms with E-state index in [0.717, 1.165) is 22.1 Å². The Bertz CT molecular complexity index is 596. The van der Waals surface area contributed by atoms with Crippen LogP contribution in [0.4, 0.5) is 5.69 Å². The summed E-state index contributed by atoms with van der Waals surface area (Å²) in [6.45, 7) is 2.21. The van der Waals surface area contributed by atoms with Crippen molar-refractivity contribution in [1.82, 2.24) is 0 Å². The molecule has 5 heteroatoms. The van der Waals surface area contributed by atoms with Crippen LogP contribution in [0.15, 0.2) is 40.2 Å². The Morgan fingerprint density at radius 1 is 1.40 bits per heavy atom. The number of anilines is 1. The predicted octanol–water partition coefficient (Wildman–Crippen LogP) is 4.21. The molecule has 0 aliphatic rings. The van der Waals surface area contributed by atoms with Crippen LogP contribution in [0.3, 0.4) is 0 Å². The van der Waals surface area contributed by atoms with Gasteiger partial charge in [-0.25, -0.2) is 0 Å². The third kappa shape index (κ3) is 3.40. The highest BCUT2D eigenvalue weighted by atomic mass is 79.9. The Balaban J connectivity index is 2.26. The largest absolute Gasteiger partial charge is 0.389 e. The fourth-order valence-electron chi connectivity index (χ4n) is 2.14. The van der Waals surface area contributed by atoms with Crippen molar-refractivity contribution in [3.63, 3.8) is 0 Å². The van der Waals surface area contributed by atoms with Gasteiger partial charge in [0.15, 0.2) is 0 Å². The van der Waals surface area contributed by atoms with Gasteiger partial charge in [-0.3, -0.25) is 0 Å². The van der Waals surface area contributed by atoms with Crippen LogP contribution in [0.5, 0.6) is 0 Å². The van der Waals surface area contributed by atoms with Gasteiger partial charge in [0.25, 0.3) is 0 Å². The lowest BCUT2D eigenvalue weighted by atomic mass is 10.1. The second-order valence-electron chi connectivity index (χ2n) is 4.74. The summed E-state index contributed by atoms with van der Waals surface area (Å²) in [5.74, 6) is 0. The molecule has 0 saturated heterocycles. The van der Waals surface area contributed by atoms with Crippen molar-refractivity contribution in [1.29, 1.82) is 0 Å². The van der Waals surface area contributed by atoms with E-state index in [9.17, 15) is 0 Å². The number of thiophene rings is 1. The van der Waals surface area contributed by atoms with Crippen LogP contribution in [0.2, 0.25) is 0 Å². The van der Waals surface area contributed by atoms with Gasteiger partial charge in [-0.05, 0) is 46.4 Å². The number of nitrogens with zero attached hydrogens (tertiary/aromatic N) is 1. The molecule has 1 aromatic carbocycles. The van der Waals surface area contributed by atoms with Crippen LogP contribution >= 0.6 is 39.5 Å². The van der Waals surface area contributed by atoms with E-state index in [2.05, 4.69) is 58.4 Å². The van der Waals surface area contributed by atoms with Gasteiger partial charge in [0.2, 0.25) is 0 Å². The summed E-state index contributed by atoms with van der Waals surface area (Å²) in [7, 11) is 2.09. The molecule has 2 N–H and O–H groups in total. The first kappa shape index (κ1) is 15.5. The van der Waals surface area contributed by atoms with E-state index in [1.807, 2.05) is 12.1 Å². The highest BCUT2D eigenvalue weighted by Crippen LogP contribution is 2.29. The molecule has 1 unspecified atom stereocenters. The molecule has 1 heterocycles. The maximum Gasteiger partial charge on any atom is 0.107 e. The smallest absolute Gasteiger partial charge is 0.107 e. The normalized spacial score (nSPS) is 12.2. The molecule has 2 aromatic rings. The number of likely N-dealkylation sites (N-methyl/N-ethyl adjacent to an activating group) is 1. The van der Waals surface area contributed by atoms with Gasteiger partial charge in [0.05, 0.1) is 0 Å². The van der Waals surface area contributed by atoms with Crippen LogP contribution in [-0.4, -0.2) is 18.1 Å². The van der Waals surface area contributed by atoms with E-state index < -0.39 is 0 Å². The summed E-state index contributed by atoms with van der Waals surface area (Å²) >= 11 is 10.5. The van der Waals surface area contributed by atoms with Crippen molar-refractivity contribution in [3.05, 3.63) is 50.6 Å². The monoisotopic (exact) mass is 368 g/mol. The summed E-state index contributed by atoms with van der Waals surface area (Å²) in [5.41, 5.74) is 7.84. The molecule has 0 saturated carbocycles. The Hall–Kier alpha value is -0.910. The van der Waals surface area contributed by atoms with Crippen molar-refractivity contribution in [2.75, 3.05) is 11.9 Å². The highest BCUT2D eigenvalue weighted by Gasteiger charge is 2.17. The molecule has 20 heavy (non-hydrogen) atoms. The quantitative estimate of drug-likeness (QED) is 0.801. The van der Waals surface area contributed by atoms with Crippen LogP contribution in [0.1, 0.15) is 17.4 Å². The number of halogens is 1. The van der Waals surface area contributed by atoms with Gasteiger partial charge < -0.3 is 10.6 Å². The minimum Gasteiger partial charge on any atom is -0.389 e. The second-order valence-corrected chi connectivity index (χ2v) is 7.07. The Labute approximate surface area is 137 Å². The lowest BCUT2D eigenvalue weighted by molar-refractivity contribution is 0.688. The van der Waals surface area contributed by atoms with Crippen molar-refractivity contribution < 1.29 is 0 Å². The summed E-state index contributed by atoms with van der Waals surface area (Å²) in [6.07, 6.45) is 1.01. The van der Waals surface area contributed by atoms with Gasteiger partial charge in [-0.1, -0.05) is 24.4 Å². The Morgan fingerprint density at radius 3 is 2.75 bits per heavy atom. The number of hydrogen-bond acceptors (Lipinski definition) is 3. The minimum absolute atomic E-state index is 0.371. The molecule has 2 rings (SSSR count). The average molecular weight is 369 g/mol. The standard InChI is InChI=1S/C15H17BrN2S2/c1-10(9-11-5-4-8-20-11)18(2)13-7-3-6-12(16)14(13)15(17)19/h3-8,10H,9H2,1-2H3,(H2,17,19). The number of benzene rings is 1. The number of hydrogen-bond donors (Lipinski definition) is 1. The van der Waals surface area contributed by atoms with Gasteiger partial charge >= 0.3 is 0 Å². The maximum atomic E-state index is 5.87. The molecular weight excluding hydrogens is 352 g/mol. The van der Waals surface area contributed by atoms with E-state index in [0.29, 0.717) is 11.0 Å². The topological polar surface area (TPSA) is 29.3 Å². The van der Waals surface area contributed by atoms with Gasteiger partial charge in [0, 0.05) is 40.1 Å². The van der Waals surface area contributed by atoms with E-state index in [1.165, 1.54) is 4.88 Å². The van der Waals surface area contributed by atoms with Gasteiger partial charge in [-0.15, -0.1) is 11.3 Å². The molecule has 0 spiro atoms. The van der Waals surface area contributed by atoms with Gasteiger partial charge in [-0.2, -0.15) is 0 Å². The zero-order chi connectivity index (χ0) is 14.7. The van der Waals surface area contributed by atoms with E-state index >= 15 is 0 Å². The minimum atomic E-state index is 0.371. The molecule has 2 nitrogen and oxygen atoms in total. The number of rotatable bonds is 5. The molecule has 106 valence electrons. The van der Waals surface area contributed by atoms with E-state index in [1.54, 1.807) is 11.3 Å². The molecule has 0 amide bonds. The van der Waals surface area contributed by atoms with Crippen LogP contribution in [0.25, 0.3) is 0 Å². The lowest BCUT2D eigenvalue weighted by Crippen LogP contribution is -2.32. The molecule has 0 radical (unpaired) electrons. The van der Waals surface area contributed by atoms with Crippen LogP contribution in [0, 0.1) is 0 Å². The third-order valence-electron chi connectivity index (χ3n) is 3.36. The number of thiocarbonyl (C=S) groups is 1. The molecule has 1 aromatic heterocycles. The summed E-state index contributed by atoms with van der Waals surface area (Å²) < 4.78 is 0.942. The molecule has 1 atom stereocenters. The summed E-state index contributed by atoms with van der Waals surface area (Å²) in [6, 6.07) is 10.7. The zero-order valence-corrected chi connectivity index (χ0v) is 14.7. The first-order chi connectivity index (χ1) is 9.50. The first-order valence-corrected chi connectivity index (χ1v) is 8.42. The zero-order valence-electron chi connectivity index (χ0n) is 11.5. The maximum absolute atomic E-state index is 5.87. The number of nitrogens with two attached hydrogens (primary N) is 1. The second kappa shape index (κ2) is 6.70. The third-order valence-corrected chi connectivity index (χ3v) is 5.12. The molecule has 0 bridgehead atoms. The van der Waals surface area contributed by atoms with Crippen molar-refractivity contribution in [3.8, 4) is 0 Å². The fraction of sp³-hybridized carbons (Fsp3) is 0.267. The molecule has 0 aliphatic heterocycles. The van der Waals surface area contributed by atoms with Crippen molar-refractivity contribution >= 4 is 50.2 Å². The molecule has 0 fully saturated rings.